The smallest absolute Gasteiger partial charge is 0.220 e. The summed E-state index contributed by atoms with van der Waals surface area (Å²) in [4.78, 5) is 12.0. The van der Waals surface area contributed by atoms with Gasteiger partial charge in [-0.1, -0.05) is 20.3 Å². The fourth-order valence-corrected chi connectivity index (χ4v) is 3.60. The van der Waals surface area contributed by atoms with Gasteiger partial charge >= 0.3 is 0 Å². The quantitative estimate of drug-likeness (QED) is 0.788. The number of rotatable bonds is 5. The molecule has 0 spiro atoms. The molecule has 0 bridgehead atoms. The standard InChI is InChI=1S/C15H28N2O/c1-3-13-5-6-14(11(13)2)17-15(18)7-4-12-8-9-16-10-12/h11-14,16H,3-10H2,1-2H3,(H,17,18). The van der Waals surface area contributed by atoms with Gasteiger partial charge in [0.15, 0.2) is 0 Å². The van der Waals surface area contributed by atoms with Gasteiger partial charge in [0.05, 0.1) is 0 Å². The summed E-state index contributed by atoms with van der Waals surface area (Å²) < 4.78 is 0. The lowest BCUT2D eigenvalue weighted by molar-refractivity contribution is -0.122. The molecule has 104 valence electrons. The van der Waals surface area contributed by atoms with Gasteiger partial charge in [-0.2, -0.15) is 0 Å². The minimum absolute atomic E-state index is 0.274. The van der Waals surface area contributed by atoms with Gasteiger partial charge < -0.3 is 10.6 Å². The fourth-order valence-electron chi connectivity index (χ4n) is 3.60. The molecule has 0 radical (unpaired) electrons. The van der Waals surface area contributed by atoms with Gasteiger partial charge in [0.25, 0.3) is 0 Å². The van der Waals surface area contributed by atoms with Crippen LogP contribution < -0.4 is 10.6 Å². The SMILES string of the molecule is CCC1CCC(NC(=O)CCC2CCNC2)C1C. The van der Waals surface area contributed by atoms with Crippen LogP contribution in [0.2, 0.25) is 0 Å². The van der Waals surface area contributed by atoms with Crippen LogP contribution in [0.25, 0.3) is 0 Å². The zero-order valence-electron chi connectivity index (χ0n) is 11.9. The third kappa shape index (κ3) is 3.47. The van der Waals surface area contributed by atoms with Crippen molar-refractivity contribution in [3.63, 3.8) is 0 Å². The zero-order chi connectivity index (χ0) is 13.0. The van der Waals surface area contributed by atoms with Crippen molar-refractivity contribution in [3.8, 4) is 0 Å². The Morgan fingerprint density at radius 2 is 2.17 bits per heavy atom. The van der Waals surface area contributed by atoms with E-state index in [-0.39, 0.29) is 5.91 Å². The molecule has 2 N–H and O–H groups in total. The summed E-state index contributed by atoms with van der Waals surface area (Å²) in [7, 11) is 0. The Kier molecular flexibility index (Phi) is 5.04. The van der Waals surface area contributed by atoms with Gasteiger partial charge in [0.1, 0.15) is 0 Å². The van der Waals surface area contributed by atoms with Crippen LogP contribution in [0, 0.1) is 17.8 Å². The first kappa shape index (κ1) is 13.9. The lowest BCUT2D eigenvalue weighted by Gasteiger charge is -2.21. The fraction of sp³-hybridized carbons (Fsp3) is 0.933. The lowest BCUT2D eigenvalue weighted by Crippen LogP contribution is -2.37. The average Bonchev–Trinajstić information content (AvgIpc) is 2.98. The highest BCUT2D eigenvalue weighted by molar-refractivity contribution is 5.76. The van der Waals surface area contributed by atoms with E-state index in [9.17, 15) is 4.79 Å². The van der Waals surface area contributed by atoms with Crippen molar-refractivity contribution < 1.29 is 4.79 Å². The zero-order valence-corrected chi connectivity index (χ0v) is 11.9. The molecule has 1 heterocycles. The molecule has 0 aromatic rings. The summed E-state index contributed by atoms with van der Waals surface area (Å²) in [6, 6.07) is 0.434. The summed E-state index contributed by atoms with van der Waals surface area (Å²) in [6.07, 6.45) is 6.72. The summed E-state index contributed by atoms with van der Waals surface area (Å²) in [5.41, 5.74) is 0. The Hall–Kier alpha value is -0.570. The Balaban J connectivity index is 1.67. The second kappa shape index (κ2) is 6.55. The highest BCUT2D eigenvalue weighted by Crippen LogP contribution is 2.33. The molecule has 1 aliphatic heterocycles. The van der Waals surface area contributed by atoms with Crippen molar-refractivity contribution >= 4 is 5.91 Å². The summed E-state index contributed by atoms with van der Waals surface area (Å²) in [5, 5.41) is 6.62. The van der Waals surface area contributed by atoms with E-state index in [1.165, 1.54) is 25.7 Å². The summed E-state index contributed by atoms with van der Waals surface area (Å²) in [6.45, 7) is 6.79. The number of hydrogen-bond donors (Lipinski definition) is 2. The average molecular weight is 252 g/mol. The van der Waals surface area contributed by atoms with Crippen molar-refractivity contribution in [1.82, 2.24) is 10.6 Å². The minimum atomic E-state index is 0.274. The Labute approximate surface area is 111 Å². The van der Waals surface area contributed by atoms with Gasteiger partial charge in [-0.15, -0.1) is 0 Å². The van der Waals surface area contributed by atoms with Crippen LogP contribution in [0.3, 0.4) is 0 Å². The van der Waals surface area contributed by atoms with Crippen LogP contribution in [0.4, 0.5) is 0 Å². The highest BCUT2D eigenvalue weighted by atomic mass is 16.1. The second-order valence-electron chi connectivity index (χ2n) is 6.18. The van der Waals surface area contributed by atoms with Crippen molar-refractivity contribution in [1.29, 1.82) is 0 Å². The van der Waals surface area contributed by atoms with E-state index in [1.54, 1.807) is 0 Å². The van der Waals surface area contributed by atoms with Crippen LogP contribution in [0.15, 0.2) is 0 Å². The molecule has 3 nitrogen and oxygen atoms in total. The van der Waals surface area contributed by atoms with Crippen molar-refractivity contribution in [2.45, 2.75) is 58.4 Å². The van der Waals surface area contributed by atoms with Crippen LogP contribution in [0.5, 0.6) is 0 Å². The topological polar surface area (TPSA) is 41.1 Å². The molecule has 1 amide bonds. The van der Waals surface area contributed by atoms with Crippen molar-refractivity contribution in [2.24, 2.45) is 17.8 Å². The first-order valence-corrected chi connectivity index (χ1v) is 7.70. The summed E-state index contributed by atoms with van der Waals surface area (Å²) >= 11 is 0. The van der Waals surface area contributed by atoms with Gasteiger partial charge in [0.2, 0.25) is 5.91 Å². The lowest BCUT2D eigenvalue weighted by atomic mass is 9.93. The molecule has 0 aromatic carbocycles. The van der Waals surface area contributed by atoms with E-state index in [4.69, 9.17) is 0 Å². The predicted molar refractivity (Wildman–Crippen MR) is 74.3 cm³/mol. The van der Waals surface area contributed by atoms with E-state index in [1.807, 2.05) is 0 Å². The van der Waals surface area contributed by atoms with Crippen molar-refractivity contribution in [3.05, 3.63) is 0 Å². The highest BCUT2D eigenvalue weighted by Gasteiger charge is 2.32. The second-order valence-corrected chi connectivity index (χ2v) is 6.18. The molecule has 4 atom stereocenters. The van der Waals surface area contributed by atoms with Gasteiger partial charge in [-0.05, 0) is 56.5 Å². The first-order chi connectivity index (χ1) is 8.70. The molecule has 1 aliphatic carbocycles. The largest absolute Gasteiger partial charge is 0.353 e. The maximum absolute atomic E-state index is 12.0. The number of carbonyl (C=O) groups excluding carboxylic acids is 1. The molecular weight excluding hydrogens is 224 g/mol. The molecule has 0 aromatic heterocycles. The van der Waals surface area contributed by atoms with Gasteiger partial charge in [-0.25, -0.2) is 0 Å². The molecule has 2 rings (SSSR count). The molecule has 2 fully saturated rings. The van der Waals surface area contributed by atoms with Crippen LogP contribution in [-0.4, -0.2) is 25.0 Å². The Morgan fingerprint density at radius 3 is 2.78 bits per heavy atom. The number of nitrogens with one attached hydrogen (secondary N) is 2. The molecule has 18 heavy (non-hydrogen) atoms. The molecule has 4 unspecified atom stereocenters. The third-order valence-electron chi connectivity index (χ3n) is 5.04. The number of carbonyl (C=O) groups is 1. The van der Waals surface area contributed by atoms with E-state index >= 15 is 0 Å². The third-order valence-corrected chi connectivity index (χ3v) is 5.04. The maximum atomic E-state index is 12.0. The molecule has 3 heteroatoms. The van der Waals surface area contributed by atoms with Gasteiger partial charge in [0, 0.05) is 12.5 Å². The Morgan fingerprint density at radius 1 is 1.33 bits per heavy atom. The van der Waals surface area contributed by atoms with E-state index in [0.717, 1.165) is 31.3 Å². The number of amides is 1. The first-order valence-electron chi connectivity index (χ1n) is 7.70. The molecule has 1 saturated heterocycles. The number of hydrogen-bond acceptors (Lipinski definition) is 2. The molecule has 1 saturated carbocycles. The van der Waals surface area contributed by atoms with E-state index in [0.29, 0.717) is 18.4 Å². The van der Waals surface area contributed by atoms with E-state index in [2.05, 4.69) is 24.5 Å². The normalized spacial score (nSPS) is 35.9. The molecule has 2 aliphatic rings. The van der Waals surface area contributed by atoms with Crippen LogP contribution in [0.1, 0.15) is 52.4 Å². The molecular formula is C15H28N2O. The Bertz CT molecular complexity index is 274. The van der Waals surface area contributed by atoms with Gasteiger partial charge in [-0.3, -0.25) is 4.79 Å². The van der Waals surface area contributed by atoms with Crippen molar-refractivity contribution in [2.75, 3.05) is 13.1 Å². The van der Waals surface area contributed by atoms with Crippen LogP contribution >= 0.6 is 0 Å². The predicted octanol–water partition coefficient (Wildman–Crippen LogP) is 2.32. The minimum Gasteiger partial charge on any atom is -0.353 e. The van der Waals surface area contributed by atoms with Crippen LogP contribution in [-0.2, 0) is 4.79 Å². The summed E-state index contributed by atoms with van der Waals surface area (Å²) in [5.74, 6) is 2.47. The monoisotopic (exact) mass is 252 g/mol. The maximum Gasteiger partial charge on any atom is 0.220 e. The van der Waals surface area contributed by atoms with E-state index < -0.39 is 0 Å².